The van der Waals surface area contributed by atoms with Crippen LogP contribution in [0.15, 0.2) is 73.2 Å². The van der Waals surface area contributed by atoms with Crippen molar-refractivity contribution in [1.82, 2.24) is 34.3 Å². The van der Waals surface area contributed by atoms with Gasteiger partial charge in [0.15, 0.2) is 5.65 Å². The van der Waals surface area contributed by atoms with Crippen molar-refractivity contribution in [3.05, 3.63) is 84.6 Å². The van der Waals surface area contributed by atoms with E-state index in [0.29, 0.717) is 0 Å². The number of nitrogens with zero attached hydrogens (tertiary/aromatic N) is 8. The van der Waals surface area contributed by atoms with Gasteiger partial charge in [-0.05, 0) is 54.8 Å². The number of benzene rings is 1. The molecule has 1 aromatic carbocycles. The van der Waals surface area contributed by atoms with E-state index < -0.39 is 0 Å². The summed E-state index contributed by atoms with van der Waals surface area (Å²) in [4.78, 5) is 14.2. The summed E-state index contributed by atoms with van der Waals surface area (Å²) in [6, 6.07) is 16.9. The Balaban J connectivity index is 1.14. The van der Waals surface area contributed by atoms with E-state index in [1.165, 1.54) is 6.07 Å². The van der Waals surface area contributed by atoms with Crippen molar-refractivity contribution in [2.45, 2.75) is 25.4 Å². The monoisotopic (exact) mass is 538 g/mol. The van der Waals surface area contributed by atoms with Crippen LogP contribution in [0.2, 0.25) is 0 Å². The number of aromatic nitrogens is 6. The minimum atomic E-state index is -0.210. The van der Waals surface area contributed by atoms with Crippen LogP contribution in [0.3, 0.4) is 0 Å². The molecule has 2 saturated heterocycles. The van der Waals surface area contributed by atoms with Gasteiger partial charge in [-0.3, -0.25) is 9.58 Å². The average molecular weight is 539 g/mol. The summed E-state index contributed by atoms with van der Waals surface area (Å²) in [6.07, 6.45) is 7.73. The number of fused-ring (bicyclic) bond motifs is 1. The molecule has 2 fully saturated rings. The highest BCUT2D eigenvalue weighted by Crippen LogP contribution is 2.35. The number of imidazole rings is 1. The highest BCUT2D eigenvalue weighted by Gasteiger charge is 2.28. The Morgan fingerprint density at radius 2 is 1.80 bits per heavy atom. The number of rotatable bonds is 7. The van der Waals surface area contributed by atoms with Crippen LogP contribution < -0.4 is 4.90 Å². The summed E-state index contributed by atoms with van der Waals surface area (Å²) in [5.74, 6) is 0.634. The zero-order valence-electron chi connectivity index (χ0n) is 22.2. The molecule has 2 aliphatic rings. The smallest absolute Gasteiger partial charge is 0.154 e. The molecule has 0 saturated carbocycles. The van der Waals surface area contributed by atoms with E-state index in [-0.39, 0.29) is 11.9 Å². The number of anilines is 1. The number of halogens is 1. The first-order valence-corrected chi connectivity index (χ1v) is 13.9. The van der Waals surface area contributed by atoms with E-state index in [2.05, 4.69) is 26.1 Å². The molecular formula is C30H31FN8O. The van der Waals surface area contributed by atoms with Crippen LogP contribution in [0.25, 0.3) is 28.3 Å². The fraction of sp³-hybridized carbons (Fsp3) is 0.333. The number of hydrogen-bond acceptors (Lipinski definition) is 7. The van der Waals surface area contributed by atoms with Gasteiger partial charge in [0.2, 0.25) is 0 Å². The maximum absolute atomic E-state index is 14.0. The van der Waals surface area contributed by atoms with Crippen LogP contribution in [0.1, 0.15) is 24.4 Å². The van der Waals surface area contributed by atoms with E-state index in [1.54, 1.807) is 12.1 Å². The molecule has 0 bridgehead atoms. The van der Waals surface area contributed by atoms with Gasteiger partial charge in [0.05, 0.1) is 49.6 Å². The Morgan fingerprint density at radius 3 is 2.70 bits per heavy atom. The molecule has 6 heterocycles. The quantitative estimate of drug-likeness (QED) is 0.303. The predicted octanol–water partition coefficient (Wildman–Crippen LogP) is 4.47. The Morgan fingerprint density at radius 1 is 0.925 bits per heavy atom. The van der Waals surface area contributed by atoms with Gasteiger partial charge in [-0.15, -0.1) is 5.10 Å². The summed E-state index contributed by atoms with van der Waals surface area (Å²) in [7, 11) is 0. The molecule has 5 aromatic rings. The summed E-state index contributed by atoms with van der Waals surface area (Å²) in [5.41, 5.74) is 5.17. The normalized spacial score (nSPS) is 18.1. The van der Waals surface area contributed by atoms with Crippen molar-refractivity contribution in [2.24, 2.45) is 0 Å². The Labute approximate surface area is 231 Å². The van der Waals surface area contributed by atoms with Gasteiger partial charge in [-0.1, -0.05) is 18.2 Å². The molecule has 1 atom stereocenters. The zero-order chi connectivity index (χ0) is 26.9. The molecule has 204 valence electrons. The zero-order valence-corrected chi connectivity index (χ0v) is 22.2. The molecule has 0 aliphatic carbocycles. The molecule has 40 heavy (non-hydrogen) atoms. The Kier molecular flexibility index (Phi) is 6.70. The van der Waals surface area contributed by atoms with Crippen LogP contribution in [-0.2, 0) is 11.3 Å². The van der Waals surface area contributed by atoms with Crippen molar-refractivity contribution in [2.75, 3.05) is 44.3 Å². The molecule has 10 heteroatoms. The number of hydrogen-bond donors (Lipinski definition) is 0. The van der Waals surface area contributed by atoms with Crippen LogP contribution >= 0.6 is 0 Å². The molecule has 1 unspecified atom stereocenters. The van der Waals surface area contributed by atoms with Crippen molar-refractivity contribution in [3.63, 3.8) is 0 Å². The van der Waals surface area contributed by atoms with Crippen molar-refractivity contribution >= 4 is 11.5 Å². The minimum absolute atomic E-state index is 0.0915. The lowest BCUT2D eigenvalue weighted by molar-refractivity contribution is 0.0360. The lowest BCUT2D eigenvalue weighted by Gasteiger charge is -2.26. The first-order valence-electron chi connectivity index (χ1n) is 13.9. The fourth-order valence-corrected chi connectivity index (χ4v) is 5.72. The highest BCUT2D eigenvalue weighted by atomic mass is 19.1. The van der Waals surface area contributed by atoms with Gasteiger partial charge in [0, 0.05) is 37.9 Å². The standard InChI is InChI=1S/C30H31FN8O/c31-24-5-1-4-22(18-24)27-8-3-11-38(27)30-10-9-29-32-20-28(39(29)35-30)26-7-2-6-25(34-26)23-19-33-37(21-23)13-12-36-14-16-40-17-15-36/h1-2,4-7,9-10,18-21,27H,3,8,11-17H2. The Hall–Kier alpha value is -4.15. The van der Waals surface area contributed by atoms with E-state index in [1.807, 2.05) is 58.0 Å². The summed E-state index contributed by atoms with van der Waals surface area (Å²) < 4.78 is 23.2. The van der Waals surface area contributed by atoms with Gasteiger partial charge in [-0.2, -0.15) is 5.10 Å². The molecule has 0 radical (unpaired) electrons. The second kappa shape index (κ2) is 10.8. The molecule has 0 amide bonds. The number of morpholine rings is 1. The van der Waals surface area contributed by atoms with Gasteiger partial charge in [0.1, 0.15) is 17.3 Å². The second-order valence-electron chi connectivity index (χ2n) is 10.4. The molecule has 4 aromatic heterocycles. The summed E-state index contributed by atoms with van der Waals surface area (Å²) >= 11 is 0. The van der Waals surface area contributed by atoms with Gasteiger partial charge in [-0.25, -0.2) is 18.9 Å². The number of ether oxygens (including phenoxy) is 1. The van der Waals surface area contributed by atoms with E-state index in [4.69, 9.17) is 14.8 Å². The van der Waals surface area contributed by atoms with Gasteiger partial charge < -0.3 is 9.64 Å². The van der Waals surface area contributed by atoms with Crippen LogP contribution in [0, 0.1) is 5.82 Å². The highest BCUT2D eigenvalue weighted by molar-refractivity contribution is 5.65. The average Bonchev–Trinajstić information content (AvgIpc) is 3.76. The SMILES string of the molecule is Fc1cccc(C2CCCN2c2ccc3ncc(-c4cccc(-c5cnn(CCN6CCOCC6)c5)n4)n3n2)c1. The molecule has 0 N–H and O–H groups in total. The third-order valence-electron chi connectivity index (χ3n) is 7.82. The maximum Gasteiger partial charge on any atom is 0.154 e. The second-order valence-corrected chi connectivity index (χ2v) is 10.4. The van der Waals surface area contributed by atoms with Crippen LogP contribution in [0.5, 0.6) is 0 Å². The molecule has 0 spiro atoms. The maximum atomic E-state index is 14.0. The summed E-state index contributed by atoms with van der Waals surface area (Å²) in [6.45, 7) is 6.18. The summed E-state index contributed by atoms with van der Waals surface area (Å²) in [5, 5.41) is 9.56. The molecule has 2 aliphatic heterocycles. The topological polar surface area (TPSA) is 76.6 Å². The van der Waals surface area contributed by atoms with E-state index >= 15 is 0 Å². The van der Waals surface area contributed by atoms with Gasteiger partial charge in [0.25, 0.3) is 0 Å². The molecule has 7 rings (SSSR count). The number of pyridine rings is 1. The van der Waals surface area contributed by atoms with Crippen molar-refractivity contribution in [3.8, 4) is 22.6 Å². The first kappa shape index (κ1) is 24.9. The Bertz CT molecular complexity index is 1630. The first-order chi connectivity index (χ1) is 19.7. The lowest BCUT2D eigenvalue weighted by atomic mass is 10.0. The molecule has 9 nitrogen and oxygen atoms in total. The largest absolute Gasteiger partial charge is 0.379 e. The van der Waals surface area contributed by atoms with Crippen molar-refractivity contribution < 1.29 is 9.13 Å². The van der Waals surface area contributed by atoms with Gasteiger partial charge >= 0.3 is 0 Å². The third-order valence-corrected chi connectivity index (χ3v) is 7.82. The van der Waals surface area contributed by atoms with E-state index in [9.17, 15) is 4.39 Å². The van der Waals surface area contributed by atoms with Crippen LogP contribution in [-0.4, -0.2) is 73.7 Å². The van der Waals surface area contributed by atoms with E-state index in [0.717, 1.165) is 98.5 Å². The van der Waals surface area contributed by atoms with Crippen molar-refractivity contribution in [1.29, 1.82) is 0 Å². The third kappa shape index (κ3) is 4.96. The van der Waals surface area contributed by atoms with Crippen LogP contribution in [0.4, 0.5) is 10.2 Å². The predicted molar refractivity (Wildman–Crippen MR) is 150 cm³/mol. The minimum Gasteiger partial charge on any atom is -0.379 e. The lowest BCUT2D eigenvalue weighted by Crippen LogP contribution is -2.38. The fourth-order valence-electron chi connectivity index (χ4n) is 5.72. The molecular weight excluding hydrogens is 507 g/mol.